The maximum atomic E-state index is 6.32. The Hall–Kier alpha value is -2.66. The van der Waals surface area contributed by atoms with Gasteiger partial charge in [0.15, 0.2) is 3.77 Å². The summed E-state index contributed by atoms with van der Waals surface area (Å²) in [6, 6.07) is 19.2. The first kappa shape index (κ1) is 15.4. The van der Waals surface area contributed by atoms with E-state index in [2.05, 4.69) is 77.7 Å². The van der Waals surface area contributed by atoms with Gasteiger partial charge in [-0.05, 0) is 67.6 Å². The van der Waals surface area contributed by atoms with E-state index in [1.807, 2.05) is 0 Å². The number of fused-ring (bicyclic) bond motifs is 6. The molecule has 2 nitrogen and oxygen atoms in total. The minimum atomic E-state index is -0.178. The van der Waals surface area contributed by atoms with Gasteiger partial charge in [0, 0.05) is 27.3 Å². The van der Waals surface area contributed by atoms with E-state index in [1.54, 1.807) is 0 Å². The summed E-state index contributed by atoms with van der Waals surface area (Å²) in [6.07, 6.45) is 4.33. The molecule has 0 atom stereocenters. The van der Waals surface area contributed by atoms with Crippen molar-refractivity contribution in [2.24, 2.45) is 0 Å². The average molecular weight is 462 g/mol. The zero-order valence-electron chi connectivity index (χ0n) is 14.6. The summed E-state index contributed by atoms with van der Waals surface area (Å²) < 4.78 is 15.7. The highest BCUT2D eigenvalue weighted by atomic mass is 127. The largest absolute Gasteiger partial charge is 0.456 e. The second-order valence-corrected chi connectivity index (χ2v) is 9.20. The Bertz CT molecular complexity index is 1430. The van der Waals surface area contributed by atoms with Crippen LogP contribution in [0.15, 0.2) is 69.5 Å². The minimum Gasteiger partial charge on any atom is -0.456 e. The molecular formula is C24H15IO2. The van der Waals surface area contributed by atoms with Crippen LogP contribution in [-0.2, 0) is 0 Å². The summed E-state index contributed by atoms with van der Waals surface area (Å²) in [5.74, 6) is 0. The maximum absolute atomic E-state index is 6.32. The SMILES string of the molecule is Cc1ccc2oc3ccc(-c4cccc5c6c(oc45)I=CC=C6)cc3c2c1. The topological polar surface area (TPSA) is 26.3 Å². The van der Waals surface area contributed by atoms with Crippen LogP contribution in [-0.4, -0.2) is 4.01 Å². The molecule has 0 bridgehead atoms. The summed E-state index contributed by atoms with van der Waals surface area (Å²) in [7, 11) is 0. The summed E-state index contributed by atoms with van der Waals surface area (Å²) in [6.45, 7) is 2.11. The predicted molar refractivity (Wildman–Crippen MR) is 121 cm³/mol. The summed E-state index contributed by atoms with van der Waals surface area (Å²) in [5, 5.41) is 3.53. The fraction of sp³-hybridized carbons (Fsp3) is 0.0417. The van der Waals surface area contributed by atoms with Crippen LogP contribution < -0.4 is 0 Å². The molecule has 3 heteroatoms. The van der Waals surface area contributed by atoms with Crippen LogP contribution in [0.5, 0.6) is 0 Å². The Morgan fingerprint density at radius 2 is 1.67 bits per heavy atom. The third kappa shape index (κ3) is 2.28. The number of aryl methyl sites for hydroxylation is 1. The van der Waals surface area contributed by atoms with Crippen LogP contribution in [0.1, 0.15) is 11.1 Å². The highest BCUT2D eigenvalue weighted by Crippen LogP contribution is 2.39. The first-order valence-corrected chi connectivity index (χ1v) is 11.2. The molecule has 0 amide bonds. The molecular weight excluding hydrogens is 447 g/mol. The van der Waals surface area contributed by atoms with Gasteiger partial charge in [-0.15, -0.1) is 0 Å². The number of benzene rings is 3. The molecule has 3 heterocycles. The van der Waals surface area contributed by atoms with Crippen molar-refractivity contribution in [3.8, 4) is 11.1 Å². The molecule has 27 heavy (non-hydrogen) atoms. The van der Waals surface area contributed by atoms with Gasteiger partial charge in [0.25, 0.3) is 0 Å². The number of halogens is 1. The molecule has 6 rings (SSSR count). The maximum Gasteiger partial charge on any atom is 0.166 e. The van der Waals surface area contributed by atoms with Gasteiger partial charge in [-0.2, -0.15) is 0 Å². The molecule has 130 valence electrons. The molecule has 0 aliphatic carbocycles. The number of furan rings is 2. The lowest BCUT2D eigenvalue weighted by atomic mass is 10.00. The van der Waals surface area contributed by atoms with E-state index >= 15 is 0 Å². The van der Waals surface area contributed by atoms with Gasteiger partial charge in [0.1, 0.15) is 16.7 Å². The highest BCUT2D eigenvalue weighted by Gasteiger charge is 2.17. The van der Waals surface area contributed by atoms with Crippen molar-refractivity contribution in [1.82, 2.24) is 0 Å². The van der Waals surface area contributed by atoms with Gasteiger partial charge in [-0.3, -0.25) is 0 Å². The first-order valence-electron chi connectivity index (χ1n) is 8.90. The van der Waals surface area contributed by atoms with E-state index in [0.717, 1.165) is 37.0 Å². The van der Waals surface area contributed by atoms with Gasteiger partial charge >= 0.3 is 0 Å². The lowest BCUT2D eigenvalue weighted by molar-refractivity contribution is 0.584. The minimum absolute atomic E-state index is 0.178. The third-order valence-corrected chi connectivity index (χ3v) is 7.28. The molecule has 0 unspecified atom stereocenters. The lowest BCUT2D eigenvalue weighted by Crippen LogP contribution is -1.80. The summed E-state index contributed by atoms with van der Waals surface area (Å²) >= 11 is -0.178. The van der Waals surface area contributed by atoms with E-state index in [-0.39, 0.29) is 20.7 Å². The molecule has 0 fully saturated rings. The van der Waals surface area contributed by atoms with Crippen molar-refractivity contribution >= 4 is 63.7 Å². The van der Waals surface area contributed by atoms with Crippen molar-refractivity contribution < 1.29 is 8.83 Å². The molecule has 1 aliphatic heterocycles. The Labute approximate surface area is 165 Å². The molecule has 0 N–H and O–H groups in total. The van der Waals surface area contributed by atoms with Crippen LogP contribution in [0.25, 0.3) is 50.1 Å². The Kier molecular flexibility index (Phi) is 3.23. The quantitative estimate of drug-likeness (QED) is 0.245. The number of rotatable bonds is 1. The van der Waals surface area contributed by atoms with Gasteiger partial charge in [-0.25, -0.2) is 0 Å². The average Bonchev–Trinajstić information content (AvgIpc) is 3.25. The number of allylic oxidation sites excluding steroid dienone is 1. The van der Waals surface area contributed by atoms with Crippen LogP contribution in [0, 0.1) is 10.7 Å². The highest BCUT2D eigenvalue weighted by molar-refractivity contribution is 14.2. The van der Waals surface area contributed by atoms with E-state index in [1.165, 1.54) is 21.9 Å². The molecule has 2 aromatic heterocycles. The number of para-hydroxylation sites is 1. The standard InChI is InChI=1S/C24H15IO2/c1-14-7-9-21-19(12-14)20-13-15(8-10-22(20)26-21)16-4-2-5-17-18-6-3-11-25-24(18)27-23(16)17/h2-13H,1H3. The third-order valence-electron chi connectivity index (χ3n) is 5.14. The molecule has 5 aromatic rings. The molecule has 0 spiro atoms. The van der Waals surface area contributed by atoms with Crippen molar-refractivity contribution in [2.45, 2.75) is 6.92 Å². The fourth-order valence-corrected chi connectivity index (χ4v) is 5.75. The summed E-state index contributed by atoms with van der Waals surface area (Å²) in [4.78, 5) is 0. The molecule has 3 aromatic carbocycles. The zero-order chi connectivity index (χ0) is 18.0. The van der Waals surface area contributed by atoms with E-state index in [4.69, 9.17) is 8.83 Å². The van der Waals surface area contributed by atoms with Crippen LogP contribution in [0.3, 0.4) is 0 Å². The van der Waals surface area contributed by atoms with Gasteiger partial charge < -0.3 is 8.83 Å². The molecule has 0 radical (unpaired) electrons. The van der Waals surface area contributed by atoms with Crippen LogP contribution in [0.4, 0.5) is 0 Å². The monoisotopic (exact) mass is 462 g/mol. The molecule has 1 aliphatic rings. The smallest absolute Gasteiger partial charge is 0.166 e. The Morgan fingerprint density at radius 1 is 0.815 bits per heavy atom. The van der Waals surface area contributed by atoms with E-state index in [0.29, 0.717) is 0 Å². The second-order valence-electron chi connectivity index (χ2n) is 6.88. The normalized spacial score (nSPS) is 13.4. The van der Waals surface area contributed by atoms with Crippen LogP contribution >= 0.6 is 20.7 Å². The van der Waals surface area contributed by atoms with E-state index in [9.17, 15) is 0 Å². The second kappa shape index (κ2) is 5.67. The Morgan fingerprint density at radius 3 is 2.59 bits per heavy atom. The van der Waals surface area contributed by atoms with Crippen molar-refractivity contribution in [3.05, 3.63) is 75.6 Å². The van der Waals surface area contributed by atoms with Crippen molar-refractivity contribution in [3.63, 3.8) is 0 Å². The van der Waals surface area contributed by atoms with Crippen molar-refractivity contribution in [1.29, 1.82) is 0 Å². The van der Waals surface area contributed by atoms with Gasteiger partial charge in [0.2, 0.25) is 0 Å². The zero-order valence-corrected chi connectivity index (χ0v) is 16.8. The van der Waals surface area contributed by atoms with Crippen molar-refractivity contribution in [2.75, 3.05) is 0 Å². The van der Waals surface area contributed by atoms with Gasteiger partial charge in [0.05, 0.1) is 0 Å². The van der Waals surface area contributed by atoms with Crippen LogP contribution in [0.2, 0.25) is 0 Å². The lowest BCUT2D eigenvalue weighted by Gasteiger charge is -2.03. The first-order chi connectivity index (χ1) is 13.3. The summed E-state index contributed by atoms with van der Waals surface area (Å²) in [5.41, 5.74) is 7.65. The Balaban J connectivity index is 1.65. The van der Waals surface area contributed by atoms with E-state index < -0.39 is 0 Å². The fourth-order valence-electron chi connectivity index (χ4n) is 3.86. The number of hydrogen-bond donors (Lipinski definition) is 0. The molecule has 0 saturated heterocycles. The predicted octanol–water partition coefficient (Wildman–Crippen LogP) is 7.28. The van der Waals surface area contributed by atoms with Gasteiger partial charge in [-0.1, -0.05) is 42.0 Å². The number of hydrogen-bond acceptors (Lipinski definition) is 2. The molecule has 0 saturated carbocycles.